The molecule has 0 heterocycles. The molecule has 0 aliphatic heterocycles. The quantitative estimate of drug-likeness (QED) is 0.741. The van der Waals surface area contributed by atoms with Gasteiger partial charge < -0.3 is 10.5 Å². The SMILES string of the molecule is COCC1(CN)CCC(F)(F)CC1. The van der Waals surface area contributed by atoms with E-state index in [9.17, 15) is 8.78 Å². The van der Waals surface area contributed by atoms with Crippen molar-refractivity contribution in [1.29, 1.82) is 0 Å². The molecule has 0 unspecified atom stereocenters. The maximum atomic E-state index is 12.8. The Bertz CT molecular complexity index is 163. The molecule has 1 aliphatic carbocycles. The highest BCUT2D eigenvalue weighted by Crippen LogP contribution is 2.42. The Labute approximate surface area is 77.4 Å². The number of rotatable bonds is 3. The van der Waals surface area contributed by atoms with Crippen LogP contribution >= 0.6 is 0 Å². The molecule has 0 saturated heterocycles. The minimum absolute atomic E-state index is 0.0481. The Hall–Kier alpha value is -0.220. The van der Waals surface area contributed by atoms with E-state index in [2.05, 4.69) is 0 Å². The summed E-state index contributed by atoms with van der Waals surface area (Å²) in [6.45, 7) is 0.941. The molecule has 0 amide bonds. The van der Waals surface area contributed by atoms with Crippen molar-refractivity contribution in [1.82, 2.24) is 0 Å². The van der Waals surface area contributed by atoms with Gasteiger partial charge in [0.1, 0.15) is 0 Å². The Morgan fingerprint density at radius 2 is 1.77 bits per heavy atom. The van der Waals surface area contributed by atoms with E-state index >= 15 is 0 Å². The lowest BCUT2D eigenvalue weighted by molar-refractivity contribution is -0.0795. The smallest absolute Gasteiger partial charge is 0.248 e. The predicted octanol–water partition coefficient (Wildman–Crippen LogP) is 1.79. The maximum Gasteiger partial charge on any atom is 0.248 e. The first-order chi connectivity index (χ1) is 6.04. The number of methoxy groups -OCH3 is 1. The Kier molecular flexibility index (Phi) is 3.24. The van der Waals surface area contributed by atoms with E-state index in [0.717, 1.165) is 0 Å². The average Bonchev–Trinajstić information content (AvgIpc) is 2.10. The van der Waals surface area contributed by atoms with Gasteiger partial charge in [-0.05, 0) is 12.8 Å². The minimum atomic E-state index is -2.48. The van der Waals surface area contributed by atoms with Crippen LogP contribution in [0, 0.1) is 5.41 Å². The van der Waals surface area contributed by atoms with E-state index < -0.39 is 5.92 Å². The lowest BCUT2D eigenvalue weighted by atomic mass is 9.73. The zero-order valence-electron chi connectivity index (χ0n) is 7.98. The second kappa shape index (κ2) is 3.88. The van der Waals surface area contributed by atoms with Crippen molar-refractivity contribution < 1.29 is 13.5 Å². The summed E-state index contributed by atoms with van der Waals surface area (Å²) in [4.78, 5) is 0. The molecule has 2 N–H and O–H groups in total. The molecule has 13 heavy (non-hydrogen) atoms. The predicted molar refractivity (Wildman–Crippen MR) is 46.8 cm³/mol. The molecule has 1 fully saturated rings. The minimum Gasteiger partial charge on any atom is -0.384 e. The molecule has 0 radical (unpaired) electrons. The van der Waals surface area contributed by atoms with Gasteiger partial charge in [-0.2, -0.15) is 0 Å². The van der Waals surface area contributed by atoms with Crippen LogP contribution in [0.15, 0.2) is 0 Å². The zero-order chi connectivity index (χ0) is 9.95. The van der Waals surface area contributed by atoms with Crippen molar-refractivity contribution in [2.45, 2.75) is 31.6 Å². The molecule has 1 aliphatic rings. The highest BCUT2D eigenvalue weighted by molar-refractivity contribution is 4.89. The fourth-order valence-corrected chi connectivity index (χ4v) is 1.86. The van der Waals surface area contributed by atoms with Gasteiger partial charge in [-0.3, -0.25) is 0 Å². The van der Waals surface area contributed by atoms with E-state index in [-0.39, 0.29) is 18.3 Å². The molecular formula is C9H17F2NO. The molecule has 1 rings (SSSR count). The first-order valence-electron chi connectivity index (χ1n) is 4.60. The van der Waals surface area contributed by atoms with Gasteiger partial charge in [-0.25, -0.2) is 8.78 Å². The lowest BCUT2D eigenvalue weighted by Gasteiger charge is -2.38. The van der Waals surface area contributed by atoms with Crippen molar-refractivity contribution in [2.24, 2.45) is 11.1 Å². The summed E-state index contributed by atoms with van der Waals surface area (Å²) in [6.07, 6.45) is 0.857. The molecule has 0 aromatic heterocycles. The second-order valence-electron chi connectivity index (χ2n) is 3.99. The molecule has 0 aromatic rings. The van der Waals surface area contributed by atoms with E-state index in [4.69, 9.17) is 10.5 Å². The summed E-state index contributed by atoms with van der Waals surface area (Å²) in [5.74, 6) is -2.48. The third-order valence-electron chi connectivity index (χ3n) is 2.93. The van der Waals surface area contributed by atoms with Crippen molar-refractivity contribution in [3.8, 4) is 0 Å². The Balaban J connectivity index is 2.52. The van der Waals surface area contributed by atoms with Gasteiger partial charge >= 0.3 is 0 Å². The molecule has 78 valence electrons. The van der Waals surface area contributed by atoms with Crippen LogP contribution in [0.1, 0.15) is 25.7 Å². The van der Waals surface area contributed by atoms with Gasteiger partial charge in [0.15, 0.2) is 0 Å². The van der Waals surface area contributed by atoms with Crippen LogP contribution in [0.5, 0.6) is 0 Å². The Morgan fingerprint density at radius 1 is 1.23 bits per heavy atom. The zero-order valence-corrected chi connectivity index (χ0v) is 7.98. The molecule has 4 heteroatoms. The van der Waals surface area contributed by atoms with Crippen LogP contribution in [-0.2, 0) is 4.74 Å². The fourth-order valence-electron chi connectivity index (χ4n) is 1.86. The third kappa shape index (κ3) is 2.61. The normalized spacial score (nSPS) is 25.8. The van der Waals surface area contributed by atoms with Crippen LogP contribution in [0.3, 0.4) is 0 Å². The molecule has 0 atom stereocenters. The number of alkyl halides is 2. The summed E-state index contributed by atoms with van der Waals surface area (Å²) < 4.78 is 30.7. The Morgan fingerprint density at radius 3 is 2.15 bits per heavy atom. The average molecular weight is 193 g/mol. The van der Waals surface area contributed by atoms with Crippen LogP contribution in [0.25, 0.3) is 0 Å². The molecule has 0 bridgehead atoms. The molecule has 1 saturated carbocycles. The number of hydrogen-bond donors (Lipinski definition) is 1. The lowest BCUT2D eigenvalue weighted by Crippen LogP contribution is -2.41. The number of hydrogen-bond acceptors (Lipinski definition) is 2. The number of halogens is 2. The van der Waals surface area contributed by atoms with Crippen LogP contribution in [0.4, 0.5) is 8.78 Å². The number of ether oxygens (including phenoxy) is 1. The monoisotopic (exact) mass is 193 g/mol. The van der Waals surface area contributed by atoms with E-state index in [0.29, 0.717) is 26.0 Å². The van der Waals surface area contributed by atoms with Crippen molar-refractivity contribution >= 4 is 0 Å². The third-order valence-corrected chi connectivity index (χ3v) is 2.93. The topological polar surface area (TPSA) is 35.2 Å². The highest BCUT2D eigenvalue weighted by Gasteiger charge is 2.42. The summed E-state index contributed by atoms with van der Waals surface area (Å²) in [7, 11) is 1.59. The standard InChI is InChI=1S/C9H17F2NO/c1-13-7-8(6-12)2-4-9(10,11)5-3-8/h2-7,12H2,1H3. The van der Waals surface area contributed by atoms with Crippen LogP contribution < -0.4 is 5.73 Å². The second-order valence-corrected chi connectivity index (χ2v) is 3.99. The fraction of sp³-hybridized carbons (Fsp3) is 1.00. The van der Waals surface area contributed by atoms with Gasteiger partial charge in [0.25, 0.3) is 0 Å². The van der Waals surface area contributed by atoms with E-state index in [1.54, 1.807) is 7.11 Å². The molecule has 0 aromatic carbocycles. The summed E-state index contributed by atoms with van der Waals surface area (Å²) in [5, 5.41) is 0. The summed E-state index contributed by atoms with van der Waals surface area (Å²) in [6, 6.07) is 0. The van der Waals surface area contributed by atoms with Crippen LogP contribution in [-0.4, -0.2) is 26.2 Å². The van der Waals surface area contributed by atoms with Gasteiger partial charge in [0, 0.05) is 31.9 Å². The maximum absolute atomic E-state index is 12.8. The van der Waals surface area contributed by atoms with Crippen molar-refractivity contribution in [3.05, 3.63) is 0 Å². The van der Waals surface area contributed by atoms with Crippen molar-refractivity contribution in [3.63, 3.8) is 0 Å². The van der Waals surface area contributed by atoms with Gasteiger partial charge in [-0.1, -0.05) is 0 Å². The summed E-state index contributed by atoms with van der Waals surface area (Å²) >= 11 is 0. The molecular weight excluding hydrogens is 176 g/mol. The highest BCUT2D eigenvalue weighted by atomic mass is 19.3. The summed E-state index contributed by atoms with van der Waals surface area (Å²) in [5.41, 5.74) is 5.39. The first kappa shape index (κ1) is 10.9. The van der Waals surface area contributed by atoms with E-state index in [1.165, 1.54) is 0 Å². The molecule has 2 nitrogen and oxygen atoms in total. The largest absolute Gasteiger partial charge is 0.384 e. The van der Waals surface area contributed by atoms with Gasteiger partial charge in [-0.15, -0.1) is 0 Å². The van der Waals surface area contributed by atoms with Crippen molar-refractivity contribution in [2.75, 3.05) is 20.3 Å². The van der Waals surface area contributed by atoms with Gasteiger partial charge in [0.05, 0.1) is 6.61 Å². The van der Waals surface area contributed by atoms with Crippen LogP contribution in [0.2, 0.25) is 0 Å². The molecule has 0 spiro atoms. The number of nitrogens with two attached hydrogens (primary N) is 1. The first-order valence-corrected chi connectivity index (χ1v) is 4.60. The van der Waals surface area contributed by atoms with E-state index in [1.807, 2.05) is 0 Å². The van der Waals surface area contributed by atoms with Gasteiger partial charge in [0.2, 0.25) is 5.92 Å².